The number of carbonyl (C=O) groups is 1. The maximum absolute atomic E-state index is 12.2. The van der Waals surface area contributed by atoms with Gasteiger partial charge in [0.25, 0.3) is 0 Å². The molecule has 4 heteroatoms. The van der Waals surface area contributed by atoms with Gasteiger partial charge in [0.2, 0.25) is 5.91 Å². The molecule has 3 atom stereocenters. The second-order valence-electron chi connectivity index (χ2n) is 7.09. The van der Waals surface area contributed by atoms with Crippen LogP contribution in [0.2, 0.25) is 0 Å². The highest BCUT2D eigenvalue weighted by Crippen LogP contribution is 2.35. The monoisotopic (exact) mass is 283 g/mol. The van der Waals surface area contributed by atoms with E-state index in [2.05, 4.69) is 37.9 Å². The number of nitrogens with one attached hydrogen (secondary N) is 1. The molecule has 0 radical (unpaired) electrons. The summed E-state index contributed by atoms with van der Waals surface area (Å²) in [5.74, 6) is 1.27. The molecule has 1 amide bonds. The molecule has 0 bridgehead atoms. The molecule has 20 heavy (non-hydrogen) atoms. The number of amides is 1. The van der Waals surface area contributed by atoms with Gasteiger partial charge in [0.1, 0.15) is 0 Å². The van der Waals surface area contributed by atoms with Crippen LogP contribution in [0.4, 0.5) is 0 Å². The first kappa shape index (κ1) is 17.4. The molecule has 4 nitrogen and oxygen atoms in total. The summed E-state index contributed by atoms with van der Waals surface area (Å²) in [6.07, 6.45) is 4.71. The topological polar surface area (TPSA) is 58.4 Å². The van der Waals surface area contributed by atoms with Gasteiger partial charge in [-0.15, -0.1) is 0 Å². The molecule has 0 aliphatic heterocycles. The van der Waals surface area contributed by atoms with Crippen molar-refractivity contribution in [3.63, 3.8) is 0 Å². The molecule has 0 aromatic carbocycles. The summed E-state index contributed by atoms with van der Waals surface area (Å²) in [6, 6.07) is 0.218. The molecule has 0 spiro atoms. The van der Waals surface area contributed by atoms with Crippen molar-refractivity contribution in [2.24, 2.45) is 17.6 Å². The molecule has 1 aliphatic carbocycles. The van der Waals surface area contributed by atoms with Crippen LogP contribution < -0.4 is 11.1 Å². The zero-order valence-electron chi connectivity index (χ0n) is 13.9. The lowest BCUT2D eigenvalue weighted by Crippen LogP contribution is -2.57. The van der Waals surface area contributed by atoms with Gasteiger partial charge in [-0.05, 0) is 38.6 Å². The SMILES string of the molecule is CC1CCCC(CN)(N(C)CC(=O)NC(C)C(C)C)C1. The molecule has 1 rings (SSSR count). The Balaban J connectivity index is 2.59. The van der Waals surface area contributed by atoms with Crippen molar-refractivity contribution < 1.29 is 4.79 Å². The lowest BCUT2D eigenvalue weighted by atomic mass is 9.75. The molecule has 118 valence electrons. The Labute approximate surface area is 124 Å². The van der Waals surface area contributed by atoms with E-state index in [4.69, 9.17) is 5.73 Å². The lowest BCUT2D eigenvalue weighted by Gasteiger charge is -2.46. The number of hydrogen-bond donors (Lipinski definition) is 2. The Morgan fingerprint density at radius 3 is 2.60 bits per heavy atom. The average molecular weight is 283 g/mol. The molecule has 1 aliphatic rings. The zero-order chi connectivity index (χ0) is 15.3. The summed E-state index contributed by atoms with van der Waals surface area (Å²) < 4.78 is 0. The van der Waals surface area contributed by atoms with Crippen LogP contribution in [0, 0.1) is 11.8 Å². The second-order valence-corrected chi connectivity index (χ2v) is 7.09. The van der Waals surface area contributed by atoms with Gasteiger partial charge in [0.05, 0.1) is 6.54 Å². The van der Waals surface area contributed by atoms with Gasteiger partial charge < -0.3 is 11.1 Å². The van der Waals surface area contributed by atoms with E-state index >= 15 is 0 Å². The summed E-state index contributed by atoms with van der Waals surface area (Å²) in [7, 11) is 2.05. The van der Waals surface area contributed by atoms with E-state index in [1.807, 2.05) is 7.05 Å². The Hall–Kier alpha value is -0.610. The smallest absolute Gasteiger partial charge is 0.234 e. The molecule has 3 N–H and O–H groups in total. The van der Waals surface area contributed by atoms with Crippen LogP contribution in [0.25, 0.3) is 0 Å². The molecule has 1 fully saturated rings. The summed E-state index contributed by atoms with van der Waals surface area (Å²) in [5.41, 5.74) is 6.06. The summed E-state index contributed by atoms with van der Waals surface area (Å²) in [4.78, 5) is 14.3. The van der Waals surface area contributed by atoms with Crippen LogP contribution in [-0.2, 0) is 4.79 Å². The number of nitrogens with zero attached hydrogens (tertiary/aromatic N) is 1. The Morgan fingerprint density at radius 2 is 2.10 bits per heavy atom. The predicted octanol–water partition coefficient (Wildman–Crippen LogP) is 1.99. The fraction of sp³-hybridized carbons (Fsp3) is 0.938. The first-order valence-corrected chi connectivity index (χ1v) is 8.01. The van der Waals surface area contributed by atoms with Gasteiger partial charge in [-0.2, -0.15) is 0 Å². The predicted molar refractivity (Wildman–Crippen MR) is 84.5 cm³/mol. The molecule has 1 saturated carbocycles. The minimum atomic E-state index is 0.01000. The number of rotatable bonds is 6. The number of likely N-dealkylation sites (N-methyl/N-ethyl adjacent to an activating group) is 1. The fourth-order valence-electron chi connectivity index (χ4n) is 3.17. The van der Waals surface area contributed by atoms with Crippen molar-refractivity contribution in [2.75, 3.05) is 20.1 Å². The number of carbonyl (C=O) groups excluding carboxylic acids is 1. The van der Waals surface area contributed by atoms with E-state index in [9.17, 15) is 4.79 Å². The highest BCUT2D eigenvalue weighted by atomic mass is 16.2. The van der Waals surface area contributed by atoms with Gasteiger partial charge in [-0.3, -0.25) is 9.69 Å². The molecule has 0 aromatic rings. The second kappa shape index (κ2) is 7.41. The van der Waals surface area contributed by atoms with Crippen LogP contribution in [0.1, 0.15) is 53.4 Å². The molecule has 0 saturated heterocycles. The van der Waals surface area contributed by atoms with Crippen molar-refractivity contribution in [3.8, 4) is 0 Å². The van der Waals surface area contributed by atoms with Crippen molar-refractivity contribution in [2.45, 2.75) is 65.0 Å². The highest BCUT2D eigenvalue weighted by Gasteiger charge is 2.37. The Kier molecular flexibility index (Phi) is 6.46. The summed E-state index contributed by atoms with van der Waals surface area (Å²) >= 11 is 0. The zero-order valence-corrected chi connectivity index (χ0v) is 13.9. The molecular formula is C16H33N3O. The fourth-order valence-corrected chi connectivity index (χ4v) is 3.17. The van der Waals surface area contributed by atoms with Crippen molar-refractivity contribution in [3.05, 3.63) is 0 Å². The number of hydrogen-bond acceptors (Lipinski definition) is 3. The third kappa shape index (κ3) is 4.45. The van der Waals surface area contributed by atoms with Crippen molar-refractivity contribution in [1.29, 1.82) is 0 Å². The highest BCUT2D eigenvalue weighted by molar-refractivity contribution is 5.78. The maximum atomic E-state index is 12.2. The molecule has 3 unspecified atom stereocenters. The van der Waals surface area contributed by atoms with Gasteiger partial charge in [-0.1, -0.05) is 33.6 Å². The minimum absolute atomic E-state index is 0.01000. The largest absolute Gasteiger partial charge is 0.352 e. The summed E-state index contributed by atoms with van der Waals surface area (Å²) in [6.45, 7) is 9.68. The summed E-state index contributed by atoms with van der Waals surface area (Å²) in [5, 5.41) is 3.08. The minimum Gasteiger partial charge on any atom is -0.352 e. The molecule has 0 aromatic heterocycles. The molecular weight excluding hydrogens is 250 g/mol. The Bertz CT molecular complexity index is 319. The van der Waals surface area contributed by atoms with Crippen LogP contribution in [0.15, 0.2) is 0 Å². The van der Waals surface area contributed by atoms with E-state index < -0.39 is 0 Å². The van der Waals surface area contributed by atoms with Crippen molar-refractivity contribution >= 4 is 5.91 Å². The van der Waals surface area contributed by atoms with Gasteiger partial charge in [0.15, 0.2) is 0 Å². The third-order valence-electron chi connectivity index (χ3n) is 5.03. The van der Waals surface area contributed by atoms with Gasteiger partial charge >= 0.3 is 0 Å². The maximum Gasteiger partial charge on any atom is 0.234 e. The van der Waals surface area contributed by atoms with E-state index in [0.29, 0.717) is 24.9 Å². The van der Waals surface area contributed by atoms with Crippen LogP contribution in [0.3, 0.4) is 0 Å². The van der Waals surface area contributed by atoms with Crippen molar-refractivity contribution in [1.82, 2.24) is 10.2 Å². The van der Waals surface area contributed by atoms with Crippen LogP contribution in [-0.4, -0.2) is 42.5 Å². The van der Waals surface area contributed by atoms with Crippen LogP contribution >= 0.6 is 0 Å². The lowest BCUT2D eigenvalue weighted by molar-refractivity contribution is -0.124. The average Bonchev–Trinajstić information content (AvgIpc) is 2.37. The first-order chi connectivity index (χ1) is 9.30. The number of nitrogens with two attached hydrogens (primary N) is 1. The normalized spacial score (nSPS) is 28.7. The third-order valence-corrected chi connectivity index (χ3v) is 5.03. The van der Waals surface area contributed by atoms with E-state index in [1.54, 1.807) is 0 Å². The Morgan fingerprint density at radius 1 is 1.45 bits per heavy atom. The van der Waals surface area contributed by atoms with E-state index in [1.165, 1.54) is 12.8 Å². The van der Waals surface area contributed by atoms with E-state index in [0.717, 1.165) is 12.8 Å². The standard InChI is InChI=1S/C16H33N3O/c1-12(2)14(4)18-15(20)10-19(5)16(11-17)8-6-7-13(3)9-16/h12-14H,6-11,17H2,1-5H3,(H,18,20). The quantitative estimate of drug-likeness (QED) is 0.784. The van der Waals surface area contributed by atoms with Gasteiger partial charge in [-0.25, -0.2) is 0 Å². The van der Waals surface area contributed by atoms with E-state index in [-0.39, 0.29) is 17.5 Å². The van der Waals surface area contributed by atoms with Gasteiger partial charge in [0, 0.05) is 18.1 Å². The van der Waals surface area contributed by atoms with Crippen LogP contribution in [0.5, 0.6) is 0 Å². The molecule has 0 heterocycles. The first-order valence-electron chi connectivity index (χ1n) is 8.01.